The molecule has 0 saturated carbocycles. The number of hydrogen-bond donors (Lipinski definition) is 1. The van der Waals surface area contributed by atoms with Crippen molar-refractivity contribution in [2.75, 3.05) is 20.3 Å². The van der Waals surface area contributed by atoms with Gasteiger partial charge in [-0.3, -0.25) is 4.79 Å². The minimum Gasteiger partial charge on any atom is -0.497 e. The molecular weight excluding hydrogens is 388 g/mol. The Morgan fingerprint density at radius 2 is 1.79 bits per heavy atom. The minimum atomic E-state index is -0.544. The molecule has 0 spiro atoms. The summed E-state index contributed by atoms with van der Waals surface area (Å²) in [5, 5.41) is 3.47. The fourth-order valence-corrected chi connectivity index (χ4v) is 3.65. The number of methoxy groups -OCH3 is 1. The van der Waals surface area contributed by atoms with Crippen LogP contribution in [0.1, 0.15) is 20.9 Å². The van der Waals surface area contributed by atoms with E-state index in [1.165, 1.54) is 11.3 Å². The third kappa shape index (κ3) is 5.65. The summed E-state index contributed by atoms with van der Waals surface area (Å²) in [5.74, 6) is -0.121. The van der Waals surface area contributed by atoms with E-state index < -0.39 is 5.97 Å². The lowest BCUT2D eigenvalue weighted by Gasteiger charge is -2.06. The zero-order valence-electron chi connectivity index (χ0n) is 16.3. The monoisotopic (exact) mass is 410 g/mol. The number of esters is 1. The van der Waals surface area contributed by atoms with Crippen molar-refractivity contribution in [2.45, 2.75) is 13.3 Å². The van der Waals surface area contributed by atoms with Gasteiger partial charge in [-0.15, -0.1) is 11.3 Å². The summed E-state index contributed by atoms with van der Waals surface area (Å²) >= 11 is 1.24. The number of carbonyl (C=O) groups excluding carboxylic acids is 2. The van der Waals surface area contributed by atoms with Gasteiger partial charge in [0.25, 0.3) is 5.91 Å². The van der Waals surface area contributed by atoms with Crippen LogP contribution in [0.3, 0.4) is 0 Å². The molecule has 150 valence electrons. The van der Waals surface area contributed by atoms with Crippen LogP contribution >= 0.6 is 11.3 Å². The van der Waals surface area contributed by atoms with Crippen molar-refractivity contribution in [1.29, 1.82) is 0 Å². The summed E-state index contributed by atoms with van der Waals surface area (Å²) in [6, 6.07) is 17.3. The van der Waals surface area contributed by atoms with E-state index in [1.807, 2.05) is 54.6 Å². The quantitative estimate of drug-likeness (QED) is 0.574. The largest absolute Gasteiger partial charge is 0.497 e. The van der Waals surface area contributed by atoms with Gasteiger partial charge in [-0.1, -0.05) is 30.3 Å². The molecule has 0 saturated heterocycles. The molecule has 1 amide bonds. The maximum atomic E-state index is 12.4. The summed E-state index contributed by atoms with van der Waals surface area (Å²) in [6.07, 6.45) is 0.722. The van der Waals surface area contributed by atoms with Crippen LogP contribution in [0, 0.1) is 6.92 Å². The van der Waals surface area contributed by atoms with E-state index in [2.05, 4.69) is 10.3 Å². The molecule has 3 aromatic rings. The number of nitrogens with one attached hydrogen (secondary N) is 1. The summed E-state index contributed by atoms with van der Waals surface area (Å²) in [4.78, 5) is 29.1. The molecule has 2 aromatic carbocycles. The number of nitrogens with zero attached hydrogens (tertiary/aromatic N) is 1. The van der Waals surface area contributed by atoms with Crippen LogP contribution in [0.4, 0.5) is 0 Å². The molecule has 1 N–H and O–H groups in total. The second kappa shape index (κ2) is 9.84. The first-order valence-corrected chi connectivity index (χ1v) is 9.98. The zero-order valence-corrected chi connectivity index (χ0v) is 17.1. The van der Waals surface area contributed by atoms with Crippen molar-refractivity contribution in [1.82, 2.24) is 10.3 Å². The lowest BCUT2D eigenvalue weighted by atomic mass is 10.1. The number of hydrogen-bond acceptors (Lipinski definition) is 6. The van der Waals surface area contributed by atoms with Gasteiger partial charge in [-0.25, -0.2) is 9.78 Å². The topological polar surface area (TPSA) is 77.5 Å². The van der Waals surface area contributed by atoms with E-state index in [1.54, 1.807) is 14.0 Å². The van der Waals surface area contributed by atoms with Gasteiger partial charge in [0.1, 0.15) is 15.6 Å². The van der Waals surface area contributed by atoms with Gasteiger partial charge in [0.2, 0.25) is 0 Å². The Kier molecular flexibility index (Phi) is 6.97. The number of benzene rings is 2. The first-order chi connectivity index (χ1) is 14.1. The molecule has 0 radical (unpaired) electrons. The lowest BCUT2D eigenvalue weighted by molar-refractivity contribution is -0.124. The minimum absolute atomic E-state index is 0.317. The maximum Gasteiger partial charge on any atom is 0.350 e. The van der Waals surface area contributed by atoms with Gasteiger partial charge in [-0.05, 0) is 43.2 Å². The number of aromatic nitrogens is 1. The van der Waals surface area contributed by atoms with Crippen molar-refractivity contribution in [3.8, 4) is 16.3 Å². The van der Waals surface area contributed by atoms with Gasteiger partial charge in [-0.2, -0.15) is 0 Å². The van der Waals surface area contributed by atoms with Crippen LogP contribution in [-0.4, -0.2) is 37.1 Å². The summed E-state index contributed by atoms with van der Waals surface area (Å²) in [5.41, 5.74) is 2.60. The highest BCUT2D eigenvalue weighted by atomic mass is 32.1. The van der Waals surface area contributed by atoms with Crippen LogP contribution in [0.25, 0.3) is 10.6 Å². The van der Waals surface area contributed by atoms with E-state index in [0.29, 0.717) is 22.1 Å². The Balaban J connectivity index is 1.51. The maximum absolute atomic E-state index is 12.4. The van der Waals surface area contributed by atoms with E-state index in [0.717, 1.165) is 23.3 Å². The standard InChI is InChI=1S/C22H22N2O4S/c1-15-20(29-21(24-15)17-8-10-18(27-2)11-9-17)22(26)28-14-19(25)23-13-12-16-6-4-3-5-7-16/h3-11H,12-14H2,1-2H3,(H,23,25). The molecule has 0 bridgehead atoms. The van der Waals surface area contributed by atoms with Crippen molar-refractivity contribution in [2.24, 2.45) is 0 Å². The molecule has 0 atom stereocenters. The number of aryl methyl sites for hydroxylation is 1. The van der Waals surface area contributed by atoms with Gasteiger partial charge in [0.15, 0.2) is 6.61 Å². The van der Waals surface area contributed by atoms with E-state index >= 15 is 0 Å². The second-order valence-corrected chi connectivity index (χ2v) is 7.32. The van der Waals surface area contributed by atoms with Crippen molar-refractivity contribution in [3.63, 3.8) is 0 Å². The molecule has 6 nitrogen and oxygen atoms in total. The molecular formula is C22H22N2O4S. The van der Waals surface area contributed by atoms with Crippen LogP contribution < -0.4 is 10.1 Å². The third-order valence-corrected chi connectivity index (χ3v) is 5.42. The average molecular weight is 410 g/mol. The Morgan fingerprint density at radius 1 is 1.07 bits per heavy atom. The van der Waals surface area contributed by atoms with Gasteiger partial charge in [0.05, 0.1) is 12.8 Å². The fourth-order valence-electron chi connectivity index (χ4n) is 2.68. The lowest BCUT2D eigenvalue weighted by Crippen LogP contribution is -2.30. The van der Waals surface area contributed by atoms with E-state index in [-0.39, 0.29) is 12.5 Å². The van der Waals surface area contributed by atoms with Gasteiger partial charge >= 0.3 is 5.97 Å². The Hall–Kier alpha value is -3.19. The number of rotatable bonds is 8. The number of carbonyl (C=O) groups is 2. The molecule has 0 aliphatic carbocycles. The first-order valence-electron chi connectivity index (χ1n) is 9.16. The predicted molar refractivity (Wildman–Crippen MR) is 112 cm³/mol. The highest BCUT2D eigenvalue weighted by Crippen LogP contribution is 2.29. The highest BCUT2D eigenvalue weighted by molar-refractivity contribution is 7.17. The van der Waals surface area contributed by atoms with Gasteiger partial charge in [0, 0.05) is 12.1 Å². The number of amides is 1. The summed E-state index contributed by atoms with van der Waals surface area (Å²) < 4.78 is 10.3. The molecule has 1 heterocycles. The number of thiazole rings is 1. The van der Waals surface area contributed by atoms with E-state index in [9.17, 15) is 9.59 Å². The zero-order chi connectivity index (χ0) is 20.6. The van der Waals surface area contributed by atoms with Gasteiger partial charge < -0.3 is 14.8 Å². The molecule has 1 aromatic heterocycles. The van der Waals surface area contributed by atoms with Crippen molar-refractivity contribution < 1.29 is 19.1 Å². The average Bonchev–Trinajstić information content (AvgIpc) is 3.14. The molecule has 0 aliphatic heterocycles. The highest BCUT2D eigenvalue weighted by Gasteiger charge is 2.18. The predicted octanol–water partition coefficient (Wildman–Crippen LogP) is 3.64. The molecule has 29 heavy (non-hydrogen) atoms. The van der Waals surface area contributed by atoms with Crippen molar-refractivity contribution in [3.05, 3.63) is 70.7 Å². The normalized spacial score (nSPS) is 10.4. The Morgan fingerprint density at radius 3 is 2.48 bits per heavy atom. The Bertz CT molecular complexity index is 968. The summed E-state index contributed by atoms with van der Waals surface area (Å²) in [7, 11) is 1.61. The molecule has 0 aliphatic rings. The summed E-state index contributed by atoms with van der Waals surface area (Å²) in [6.45, 7) is 1.92. The second-order valence-electron chi connectivity index (χ2n) is 6.32. The van der Waals surface area contributed by atoms with Crippen LogP contribution in [0.5, 0.6) is 5.75 Å². The van der Waals surface area contributed by atoms with Crippen molar-refractivity contribution >= 4 is 23.2 Å². The molecule has 7 heteroatoms. The smallest absolute Gasteiger partial charge is 0.350 e. The van der Waals surface area contributed by atoms with Crippen LogP contribution in [0.15, 0.2) is 54.6 Å². The van der Waals surface area contributed by atoms with E-state index in [4.69, 9.17) is 9.47 Å². The molecule has 0 fully saturated rings. The van der Waals surface area contributed by atoms with Crippen LogP contribution in [0.2, 0.25) is 0 Å². The van der Waals surface area contributed by atoms with Crippen LogP contribution in [-0.2, 0) is 16.0 Å². The molecule has 0 unspecified atom stereocenters. The third-order valence-electron chi connectivity index (χ3n) is 4.23. The number of ether oxygens (including phenoxy) is 2. The molecule has 3 rings (SSSR count). The SMILES string of the molecule is COc1ccc(-c2nc(C)c(C(=O)OCC(=O)NCCc3ccccc3)s2)cc1. The fraction of sp³-hybridized carbons (Fsp3) is 0.227. The Labute approximate surface area is 173 Å². The first kappa shape index (κ1) is 20.5.